The van der Waals surface area contributed by atoms with Crippen LogP contribution in [0.5, 0.6) is 0 Å². The first kappa shape index (κ1) is 15.8. The molecular weight excluding hydrogens is 345 g/mol. The van der Waals surface area contributed by atoms with Gasteiger partial charge < -0.3 is 24.4 Å². The van der Waals surface area contributed by atoms with E-state index in [0.29, 0.717) is 33.7 Å². The molecule has 0 aliphatic carbocycles. The number of anilines is 1. The molecule has 25 heavy (non-hydrogen) atoms. The molecule has 0 bridgehead atoms. The molecule has 0 spiro atoms. The molecule has 1 aromatic heterocycles. The highest BCUT2D eigenvalue weighted by atomic mass is 32.2. The van der Waals surface area contributed by atoms with E-state index in [1.807, 2.05) is 0 Å². The van der Waals surface area contributed by atoms with Gasteiger partial charge in [0.2, 0.25) is 0 Å². The monoisotopic (exact) mass is 357 g/mol. The van der Waals surface area contributed by atoms with Crippen LogP contribution in [0.2, 0.25) is 0 Å². The highest BCUT2D eigenvalue weighted by Crippen LogP contribution is 2.18. The SMILES string of the molecule is O=c1[nH]c2ccc(S(=O)Nc3ccc4c(c3)B(O)OC4)cc2[nH]c1=O. The first-order valence-corrected chi connectivity index (χ1v) is 8.53. The predicted octanol–water partition coefficient (Wildman–Crippen LogP) is -0.431. The molecule has 0 saturated heterocycles. The number of aromatic nitrogens is 2. The molecule has 1 unspecified atom stereocenters. The van der Waals surface area contributed by atoms with Crippen LogP contribution in [0.4, 0.5) is 5.69 Å². The van der Waals surface area contributed by atoms with E-state index in [4.69, 9.17) is 4.65 Å². The van der Waals surface area contributed by atoms with E-state index in [9.17, 15) is 18.8 Å². The van der Waals surface area contributed by atoms with Gasteiger partial charge in [-0.25, -0.2) is 4.21 Å². The van der Waals surface area contributed by atoms with Gasteiger partial charge in [-0.3, -0.25) is 9.59 Å². The Hall–Kier alpha value is -2.69. The summed E-state index contributed by atoms with van der Waals surface area (Å²) in [6, 6.07) is 9.92. The largest absolute Gasteiger partial charge is 0.491 e. The summed E-state index contributed by atoms with van der Waals surface area (Å²) in [5.74, 6) is 0. The minimum atomic E-state index is -1.60. The first-order valence-electron chi connectivity index (χ1n) is 7.38. The van der Waals surface area contributed by atoms with E-state index in [1.165, 1.54) is 6.07 Å². The van der Waals surface area contributed by atoms with Crippen molar-refractivity contribution in [2.75, 3.05) is 4.72 Å². The second-order valence-corrected chi connectivity index (χ2v) is 6.78. The summed E-state index contributed by atoms with van der Waals surface area (Å²) in [5, 5.41) is 9.74. The molecule has 3 aromatic rings. The zero-order chi connectivity index (χ0) is 17.6. The molecule has 0 amide bonds. The smallest absolute Gasteiger partial charge is 0.423 e. The third-order valence-electron chi connectivity index (χ3n) is 3.93. The van der Waals surface area contributed by atoms with Crippen LogP contribution in [0.1, 0.15) is 5.56 Å². The van der Waals surface area contributed by atoms with E-state index < -0.39 is 29.2 Å². The van der Waals surface area contributed by atoms with E-state index in [0.717, 1.165) is 5.56 Å². The Bertz CT molecular complexity index is 1130. The average molecular weight is 357 g/mol. The van der Waals surface area contributed by atoms with E-state index in [-0.39, 0.29) is 0 Å². The molecule has 4 N–H and O–H groups in total. The van der Waals surface area contributed by atoms with Crippen LogP contribution in [-0.2, 0) is 22.2 Å². The number of benzene rings is 2. The van der Waals surface area contributed by atoms with Crippen molar-refractivity contribution < 1.29 is 13.9 Å². The Labute approximate surface area is 143 Å². The Balaban J connectivity index is 1.64. The summed E-state index contributed by atoms with van der Waals surface area (Å²) in [5.41, 5.74) is 1.42. The van der Waals surface area contributed by atoms with Crippen molar-refractivity contribution in [3.8, 4) is 0 Å². The third-order valence-corrected chi connectivity index (χ3v) is 5.03. The van der Waals surface area contributed by atoms with Crippen LogP contribution in [0.25, 0.3) is 11.0 Å². The number of aromatic amines is 2. The van der Waals surface area contributed by atoms with Crippen LogP contribution in [-0.4, -0.2) is 26.3 Å². The number of hydrogen-bond donors (Lipinski definition) is 4. The van der Waals surface area contributed by atoms with Gasteiger partial charge in [0.25, 0.3) is 0 Å². The molecule has 8 nitrogen and oxygen atoms in total. The number of nitrogens with one attached hydrogen (secondary N) is 3. The van der Waals surface area contributed by atoms with Crippen molar-refractivity contribution in [1.82, 2.24) is 9.97 Å². The van der Waals surface area contributed by atoms with Gasteiger partial charge in [0, 0.05) is 5.69 Å². The zero-order valence-electron chi connectivity index (χ0n) is 12.7. The molecule has 0 saturated carbocycles. The van der Waals surface area contributed by atoms with Gasteiger partial charge in [0.15, 0.2) is 0 Å². The van der Waals surface area contributed by atoms with Crippen molar-refractivity contribution in [3.63, 3.8) is 0 Å². The Morgan fingerprint density at radius 2 is 1.84 bits per heavy atom. The minimum Gasteiger partial charge on any atom is -0.423 e. The lowest BCUT2D eigenvalue weighted by atomic mass is 9.79. The zero-order valence-corrected chi connectivity index (χ0v) is 13.6. The summed E-state index contributed by atoms with van der Waals surface area (Å²) in [4.78, 5) is 28.0. The highest BCUT2D eigenvalue weighted by molar-refractivity contribution is 7.86. The van der Waals surface area contributed by atoms with Gasteiger partial charge in [-0.2, -0.15) is 0 Å². The predicted molar refractivity (Wildman–Crippen MR) is 94.1 cm³/mol. The van der Waals surface area contributed by atoms with Gasteiger partial charge >= 0.3 is 18.2 Å². The molecule has 2 heterocycles. The second-order valence-electron chi connectivity index (χ2n) is 5.56. The molecule has 1 atom stereocenters. The molecule has 0 radical (unpaired) electrons. The van der Waals surface area contributed by atoms with Gasteiger partial charge in [0.05, 0.1) is 22.5 Å². The van der Waals surface area contributed by atoms with Crippen LogP contribution < -0.4 is 21.3 Å². The maximum absolute atomic E-state index is 12.5. The van der Waals surface area contributed by atoms with Crippen LogP contribution >= 0.6 is 0 Å². The Kier molecular flexibility index (Phi) is 3.79. The lowest BCUT2D eigenvalue weighted by Gasteiger charge is -2.08. The molecule has 1 aliphatic rings. The number of rotatable bonds is 3. The molecular formula is C15H12BN3O5S. The summed E-state index contributed by atoms with van der Waals surface area (Å²) in [6.45, 7) is 0.343. The fraction of sp³-hybridized carbons (Fsp3) is 0.0667. The lowest BCUT2D eigenvalue weighted by molar-refractivity contribution is 0.275. The summed E-state index contributed by atoms with van der Waals surface area (Å²) < 4.78 is 20.5. The summed E-state index contributed by atoms with van der Waals surface area (Å²) >= 11 is 0. The molecule has 2 aromatic carbocycles. The van der Waals surface area contributed by atoms with Crippen molar-refractivity contribution >= 4 is 40.3 Å². The molecule has 10 heteroatoms. The Morgan fingerprint density at radius 3 is 2.64 bits per heavy atom. The fourth-order valence-corrected chi connectivity index (χ4v) is 3.53. The fourth-order valence-electron chi connectivity index (χ4n) is 2.65. The highest BCUT2D eigenvalue weighted by Gasteiger charge is 2.27. The Morgan fingerprint density at radius 1 is 1.08 bits per heavy atom. The number of hydrogen-bond acceptors (Lipinski definition) is 5. The van der Waals surface area contributed by atoms with E-state index in [1.54, 1.807) is 30.3 Å². The van der Waals surface area contributed by atoms with Crippen LogP contribution in [0, 0.1) is 0 Å². The van der Waals surface area contributed by atoms with Gasteiger partial charge in [0.1, 0.15) is 11.0 Å². The third kappa shape index (κ3) is 2.91. The number of H-pyrrole nitrogens is 2. The standard InChI is InChI=1S/C15H12BN3O5S/c20-14-15(21)18-13-6-10(3-4-12(13)17-14)25(23)19-9-2-1-8-7-24-16(22)11(8)5-9/h1-6,19,22H,7H2,(H,17,20)(H,18,21). The van der Waals surface area contributed by atoms with Crippen LogP contribution in [0.3, 0.4) is 0 Å². The van der Waals surface area contributed by atoms with E-state index >= 15 is 0 Å². The van der Waals surface area contributed by atoms with Crippen LogP contribution in [0.15, 0.2) is 50.9 Å². The van der Waals surface area contributed by atoms with Crippen molar-refractivity contribution in [1.29, 1.82) is 0 Å². The second kappa shape index (κ2) is 5.99. The minimum absolute atomic E-state index is 0.343. The molecule has 126 valence electrons. The van der Waals surface area contributed by atoms with E-state index in [2.05, 4.69) is 14.7 Å². The van der Waals surface area contributed by atoms with Gasteiger partial charge in [-0.05, 0) is 41.4 Å². The molecule has 1 aliphatic heterocycles. The van der Waals surface area contributed by atoms with Gasteiger partial charge in [-0.1, -0.05) is 6.07 Å². The first-order chi connectivity index (χ1) is 12.0. The summed E-state index contributed by atoms with van der Waals surface area (Å²) in [7, 11) is -2.58. The maximum Gasteiger partial charge on any atom is 0.491 e. The average Bonchev–Trinajstić information content (AvgIpc) is 2.96. The van der Waals surface area contributed by atoms with Crippen molar-refractivity contribution in [2.45, 2.75) is 11.5 Å². The maximum atomic E-state index is 12.5. The normalized spacial score (nSPS) is 14.5. The van der Waals surface area contributed by atoms with Crippen molar-refractivity contribution in [2.24, 2.45) is 0 Å². The molecule has 0 fully saturated rings. The molecule has 4 rings (SSSR count). The lowest BCUT2D eigenvalue weighted by Crippen LogP contribution is -2.29. The van der Waals surface area contributed by atoms with Gasteiger partial charge in [-0.15, -0.1) is 0 Å². The number of fused-ring (bicyclic) bond motifs is 2. The quantitative estimate of drug-likeness (QED) is 0.374. The van der Waals surface area contributed by atoms with Crippen molar-refractivity contribution in [3.05, 3.63) is 62.7 Å². The summed E-state index contributed by atoms with van der Waals surface area (Å²) in [6.07, 6.45) is 0. The topological polar surface area (TPSA) is 124 Å².